The Morgan fingerprint density at radius 3 is 2.08 bits per heavy atom. The van der Waals surface area contributed by atoms with Gasteiger partial charge in [-0.05, 0) is 73.3 Å². The quantitative estimate of drug-likeness (QED) is 0.476. The highest BCUT2D eigenvalue weighted by Gasteiger charge is 2.32. The van der Waals surface area contributed by atoms with Crippen LogP contribution < -0.4 is 30.3 Å². The maximum Gasteiger partial charge on any atom is 0.274 e. The van der Waals surface area contributed by atoms with Gasteiger partial charge in [-0.1, -0.05) is 12.1 Å². The predicted octanol–water partition coefficient (Wildman–Crippen LogP) is 3.52. The lowest BCUT2D eigenvalue weighted by molar-refractivity contribution is 0.905. The van der Waals surface area contributed by atoms with E-state index in [1.807, 2.05) is 74.4 Å². The minimum absolute atomic E-state index is 0.0503. The third kappa shape index (κ3) is 4.37. The third-order valence-corrected chi connectivity index (χ3v) is 8.31. The van der Waals surface area contributed by atoms with Crippen LogP contribution in [0.2, 0.25) is 0 Å². The molecule has 10 heteroatoms. The van der Waals surface area contributed by atoms with E-state index in [0.29, 0.717) is 14.8 Å². The van der Waals surface area contributed by atoms with Gasteiger partial charge in [0.1, 0.15) is 10.5 Å². The van der Waals surface area contributed by atoms with Crippen molar-refractivity contribution in [2.75, 3.05) is 38.0 Å². The first kappa shape index (κ1) is 25.8. The number of benzene rings is 2. The van der Waals surface area contributed by atoms with Crippen LogP contribution in [0.1, 0.15) is 17.0 Å². The Morgan fingerprint density at radius 1 is 0.972 bits per heavy atom. The fourth-order valence-corrected chi connectivity index (χ4v) is 6.81. The molecule has 1 aromatic heterocycles. The van der Waals surface area contributed by atoms with Gasteiger partial charge in [0.05, 0.1) is 45.1 Å². The number of nitrogens with two attached hydrogens (primary N) is 1. The van der Waals surface area contributed by atoms with Crippen LogP contribution in [0.3, 0.4) is 0 Å². The molecule has 0 amide bonds. The Kier molecular flexibility index (Phi) is 7.14. The van der Waals surface area contributed by atoms with Crippen LogP contribution in [0.25, 0.3) is 17.5 Å². The Labute approximate surface area is 229 Å². The van der Waals surface area contributed by atoms with Crippen molar-refractivity contribution in [1.29, 1.82) is 10.5 Å². The normalized spacial score (nSPS) is 15.4. The van der Waals surface area contributed by atoms with Gasteiger partial charge in [-0.15, -0.1) is 11.3 Å². The molecular formula is C26H22Br2N6OS. The maximum absolute atomic E-state index is 13.4. The second-order valence-electron chi connectivity index (χ2n) is 8.64. The highest BCUT2D eigenvalue weighted by atomic mass is 79.9. The molecule has 0 fully saturated rings. The number of aromatic nitrogens is 1. The fourth-order valence-electron chi connectivity index (χ4n) is 4.18. The molecule has 1 unspecified atom stereocenters. The summed E-state index contributed by atoms with van der Waals surface area (Å²) in [5.41, 5.74) is 10.1. The molecule has 182 valence electrons. The summed E-state index contributed by atoms with van der Waals surface area (Å²) >= 11 is 8.37. The first-order valence-corrected chi connectivity index (χ1v) is 13.2. The van der Waals surface area contributed by atoms with Crippen LogP contribution in [0.4, 0.5) is 11.4 Å². The molecule has 36 heavy (non-hydrogen) atoms. The van der Waals surface area contributed by atoms with E-state index in [-0.39, 0.29) is 17.0 Å². The van der Waals surface area contributed by atoms with Crippen molar-refractivity contribution in [3.8, 4) is 12.1 Å². The Morgan fingerprint density at radius 2 is 1.56 bits per heavy atom. The van der Waals surface area contributed by atoms with Crippen LogP contribution in [-0.2, 0) is 0 Å². The molecule has 1 atom stereocenters. The van der Waals surface area contributed by atoms with Crippen LogP contribution in [0.5, 0.6) is 0 Å². The molecule has 0 bridgehead atoms. The highest BCUT2D eigenvalue weighted by Crippen LogP contribution is 2.38. The average Bonchev–Trinajstić information content (AvgIpc) is 3.14. The number of anilines is 2. The van der Waals surface area contributed by atoms with Gasteiger partial charge in [-0.3, -0.25) is 9.36 Å². The van der Waals surface area contributed by atoms with Crippen molar-refractivity contribution in [2.24, 2.45) is 5.73 Å². The SMILES string of the molecule is CN(C)c1ccc(/C=c2/sc3n(c2=O)C(N)=C(C#N)C(c2ccc(N(C)C)c(Br)c2)C=3C#N)cc1Br. The van der Waals surface area contributed by atoms with E-state index in [4.69, 9.17) is 5.73 Å². The molecular weight excluding hydrogens is 604 g/mol. The Balaban J connectivity index is 1.97. The fraction of sp³-hybridized carbons (Fsp3) is 0.192. The molecule has 0 radical (unpaired) electrons. The molecule has 0 aliphatic carbocycles. The standard InChI is InChI=1S/C26H22Br2N6OS/c1-32(2)20-7-5-14(9-18(20)27)10-22-25(35)34-24(31)16(12-29)23(17(13-30)26(34)36-22)15-6-8-21(33(3)4)19(28)11-15/h5-11,23H,31H2,1-4H3/b22-10+. The van der Waals surface area contributed by atoms with E-state index in [1.165, 1.54) is 15.9 Å². The van der Waals surface area contributed by atoms with Gasteiger partial charge < -0.3 is 15.5 Å². The van der Waals surface area contributed by atoms with Crippen molar-refractivity contribution in [3.05, 3.63) is 81.6 Å². The van der Waals surface area contributed by atoms with Gasteiger partial charge in [0, 0.05) is 37.1 Å². The summed E-state index contributed by atoms with van der Waals surface area (Å²) in [4.78, 5) is 17.3. The summed E-state index contributed by atoms with van der Waals surface area (Å²) in [6, 6.07) is 15.9. The van der Waals surface area contributed by atoms with Crippen LogP contribution >= 0.6 is 43.2 Å². The third-order valence-electron chi connectivity index (χ3n) is 5.93. The van der Waals surface area contributed by atoms with Crippen LogP contribution in [0, 0.1) is 22.7 Å². The first-order chi connectivity index (χ1) is 17.1. The molecule has 7 nitrogen and oxygen atoms in total. The molecule has 3 aromatic rings. The van der Waals surface area contributed by atoms with Gasteiger partial charge >= 0.3 is 0 Å². The van der Waals surface area contributed by atoms with Crippen LogP contribution in [0.15, 0.2) is 55.7 Å². The van der Waals surface area contributed by atoms with E-state index < -0.39 is 5.92 Å². The number of rotatable bonds is 4. The Bertz CT molecular complexity index is 1680. The summed E-state index contributed by atoms with van der Waals surface area (Å²) in [7, 11) is 7.77. The monoisotopic (exact) mass is 624 g/mol. The van der Waals surface area contributed by atoms with Gasteiger partial charge in [-0.2, -0.15) is 10.5 Å². The number of hydrogen-bond donors (Lipinski definition) is 1. The zero-order valence-corrected chi connectivity index (χ0v) is 24.0. The predicted molar refractivity (Wildman–Crippen MR) is 153 cm³/mol. The number of nitriles is 2. The summed E-state index contributed by atoms with van der Waals surface area (Å²) in [5, 5.41) is 20.2. The number of halogens is 2. The van der Waals surface area contributed by atoms with Crippen molar-refractivity contribution in [1.82, 2.24) is 4.57 Å². The van der Waals surface area contributed by atoms with E-state index >= 15 is 0 Å². The minimum Gasteiger partial charge on any atom is -0.384 e. The molecule has 2 aromatic carbocycles. The summed E-state index contributed by atoms with van der Waals surface area (Å²) < 4.78 is 3.87. The maximum atomic E-state index is 13.4. The number of nitrogens with zero attached hydrogens (tertiary/aromatic N) is 5. The minimum atomic E-state index is -0.674. The number of fused-ring (bicyclic) bond motifs is 1. The molecule has 2 N–H and O–H groups in total. The van der Waals surface area contributed by atoms with Gasteiger partial charge in [0.15, 0.2) is 0 Å². The first-order valence-electron chi connectivity index (χ1n) is 10.8. The van der Waals surface area contributed by atoms with Crippen molar-refractivity contribution in [3.63, 3.8) is 0 Å². The molecule has 4 rings (SSSR count). The molecule has 1 aliphatic heterocycles. The zero-order valence-electron chi connectivity index (χ0n) is 20.0. The molecule has 0 saturated carbocycles. The lowest BCUT2D eigenvalue weighted by Crippen LogP contribution is -2.38. The van der Waals surface area contributed by atoms with Crippen LogP contribution in [-0.4, -0.2) is 32.8 Å². The summed E-state index contributed by atoms with van der Waals surface area (Å²) in [5.74, 6) is -0.624. The van der Waals surface area contributed by atoms with Crippen molar-refractivity contribution < 1.29 is 0 Å². The topological polar surface area (TPSA) is 102 Å². The van der Waals surface area contributed by atoms with Crippen molar-refractivity contribution >= 4 is 72.0 Å². The number of hydrogen-bond acceptors (Lipinski definition) is 7. The van der Waals surface area contributed by atoms with E-state index in [0.717, 1.165) is 31.4 Å². The van der Waals surface area contributed by atoms with Gasteiger partial charge in [-0.25, -0.2) is 0 Å². The lowest BCUT2D eigenvalue weighted by atomic mass is 9.84. The number of allylic oxidation sites excluding steroid dienone is 1. The summed E-state index contributed by atoms with van der Waals surface area (Å²) in [6.07, 6.45) is 1.77. The second kappa shape index (κ2) is 9.98. The highest BCUT2D eigenvalue weighted by molar-refractivity contribution is 9.11. The average molecular weight is 626 g/mol. The van der Waals surface area contributed by atoms with E-state index in [1.54, 1.807) is 6.08 Å². The van der Waals surface area contributed by atoms with E-state index in [2.05, 4.69) is 44.0 Å². The molecule has 2 heterocycles. The number of thiazole rings is 1. The molecule has 0 saturated heterocycles. The second-order valence-corrected chi connectivity index (χ2v) is 11.4. The lowest BCUT2D eigenvalue weighted by Gasteiger charge is -2.23. The van der Waals surface area contributed by atoms with Gasteiger partial charge in [0.2, 0.25) is 0 Å². The smallest absolute Gasteiger partial charge is 0.274 e. The Hall–Kier alpha value is -3.31. The molecule has 0 spiro atoms. The van der Waals surface area contributed by atoms with Gasteiger partial charge in [0.25, 0.3) is 5.56 Å². The van der Waals surface area contributed by atoms with Crippen molar-refractivity contribution in [2.45, 2.75) is 5.92 Å². The summed E-state index contributed by atoms with van der Waals surface area (Å²) in [6.45, 7) is 0. The largest absolute Gasteiger partial charge is 0.384 e. The van der Waals surface area contributed by atoms with E-state index in [9.17, 15) is 15.3 Å². The molecule has 1 aliphatic rings. The zero-order chi connectivity index (χ0) is 26.3.